The number of rotatable bonds is 2. The topological polar surface area (TPSA) is 47.3 Å². The van der Waals surface area contributed by atoms with E-state index in [1.54, 1.807) is 18.7 Å². The molecule has 0 aromatic rings. The van der Waals surface area contributed by atoms with Crippen LogP contribution in [-0.4, -0.2) is 48.9 Å². The minimum Gasteiger partial charge on any atom is -0.340 e. The van der Waals surface area contributed by atoms with Crippen molar-refractivity contribution >= 4 is 5.91 Å². The smallest absolute Gasteiger partial charge is 0.242 e. The number of amides is 1. The Morgan fingerprint density at radius 2 is 2.19 bits per heavy atom. The lowest BCUT2D eigenvalue weighted by molar-refractivity contribution is -0.139. The van der Waals surface area contributed by atoms with Crippen molar-refractivity contribution in [3.8, 4) is 6.07 Å². The predicted molar refractivity (Wildman–Crippen MR) is 62.7 cm³/mol. The summed E-state index contributed by atoms with van der Waals surface area (Å²) >= 11 is 0. The van der Waals surface area contributed by atoms with Crippen molar-refractivity contribution in [1.29, 1.82) is 5.26 Å². The lowest BCUT2D eigenvalue weighted by Gasteiger charge is -2.37. The lowest BCUT2D eigenvalue weighted by Crippen LogP contribution is -2.50. The van der Waals surface area contributed by atoms with Crippen molar-refractivity contribution in [2.75, 3.05) is 27.2 Å². The molecule has 0 spiro atoms. The van der Waals surface area contributed by atoms with E-state index in [1.165, 1.54) is 0 Å². The molecule has 1 unspecified atom stereocenters. The summed E-state index contributed by atoms with van der Waals surface area (Å²) in [6, 6.07) is 2.32. The fraction of sp³-hybridized carbons (Fsp3) is 0.833. The van der Waals surface area contributed by atoms with Crippen LogP contribution in [0.25, 0.3) is 0 Å². The molecule has 1 amide bonds. The quantitative estimate of drug-likeness (QED) is 0.704. The number of piperidine rings is 1. The highest BCUT2D eigenvalue weighted by Gasteiger charge is 2.34. The molecule has 1 aliphatic heterocycles. The number of likely N-dealkylation sites (N-methyl/N-ethyl adjacent to an activating group) is 2. The maximum absolute atomic E-state index is 12.1. The van der Waals surface area contributed by atoms with Gasteiger partial charge in [-0.05, 0) is 40.3 Å². The molecule has 0 saturated carbocycles. The third kappa shape index (κ3) is 2.73. The van der Waals surface area contributed by atoms with Gasteiger partial charge in [0.15, 0.2) is 0 Å². The number of likely N-dealkylation sites (tertiary alicyclic amines) is 1. The molecule has 1 atom stereocenters. The van der Waals surface area contributed by atoms with Gasteiger partial charge in [-0.15, -0.1) is 0 Å². The van der Waals surface area contributed by atoms with Gasteiger partial charge in [0.25, 0.3) is 0 Å². The SMILES string of the molecule is CN1CCCC(N(C)C(=O)C(C)(C)C#N)C1. The second-order valence-corrected chi connectivity index (χ2v) is 5.21. The molecule has 1 heterocycles. The highest BCUT2D eigenvalue weighted by atomic mass is 16.2. The normalized spacial score (nSPS) is 22.6. The Morgan fingerprint density at radius 3 is 2.69 bits per heavy atom. The van der Waals surface area contributed by atoms with Crippen molar-refractivity contribution in [2.24, 2.45) is 5.41 Å². The van der Waals surface area contributed by atoms with E-state index in [0.717, 1.165) is 25.9 Å². The summed E-state index contributed by atoms with van der Waals surface area (Å²) in [7, 11) is 3.88. The Kier molecular flexibility index (Phi) is 3.93. The Morgan fingerprint density at radius 1 is 1.56 bits per heavy atom. The maximum Gasteiger partial charge on any atom is 0.242 e. The first kappa shape index (κ1) is 13.0. The summed E-state index contributed by atoms with van der Waals surface area (Å²) in [5.41, 5.74) is -0.912. The molecule has 0 N–H and O–H groups in total. The monoisotopic (exact) mass is 223 g/mol. The standard InChI is InChI=1S/C12H21N3O/c1-12(2,9-13)11(16)15(4)10-6-5-7-14(3)8-10/h10H,5-8H2,1-4H3. The summed E-state index contributed by atoms with van der Waals surface area (Å²) < 4.78 is 0. The van der Waals surface area contributed by atoms with Crippen molar-refractivity contribution < 1.29 is 4.79 Å². The van der Waals surface area contributed by atoms with Crippen LogP contribution in [0.1, 0.15) is 26.7 Å². The first-order chi connectivity index (χ1) is 7.38. The number of carbonyl (C=O) groups is 1. The molecule has 4 heteroatoms. The average Bonchev–Trinajstić information content (AvgIpc) is 2.27. The van der Waals surface area contributed by atoms with E-state index >= 15 is 0 Å². The first-order valence-electron chi connectivity index (χ1n) is 5.75. The van der Waals surface area contributed by atoms with Crippen LogP contribution in [0.5, 0.6) is 0 Å². The average molecular weight is 223 g/mol. The van der Waals surface area contributed by atoms with Crippen LogP contribution >= 0.6 is 0 Å². The van der Waals surface area contributed by atoms with Gasteiger partial charge in [0.1, 0.15) is 5.41 Å². The van der Waals surface area contributed by atoms with Gasteiger partial charge in [0.2, 0.25) is 5.91 Å². The maximum atomic E-state index is 12.1. The molecular weight excluding hydrogens is 202 g/mol. The molecule has 16 heavy (non-hydrogen) atoms. The van der Waals surface area contributed by atoms with Crippen LogP contribution in [0.4, 0.5) is 0 Å². The van der Waals surface area contributed by atoms with Crippen LogP contribution < -0.4 is 0 Å². The summed E-state index contributed by atoms with van der Waals surface area (Å²) in [6.45, 7) is 5.36. The fourth-order valence-corrected chi connectivity index (χ4v) is 2.11. The highest BCUT2D eigenvalue weighted by molar-refractivity contribution is 5.84. The molecule has 0 bridgehead atoms. The Balaban J connectivity index is 2.67. The van der Waals surface area contributed by atoms with E-state index in [9.17, 15) is 4.79 Å². The molecule has 90 valence electrons. The van der Waals surface area contributed by atoms with Gasteiger partial charge < -0.3 is 9.80 Å². The number of carbonyl (C=O) groups excluding carboxylic acids is 1. The van der Waals surface area contributed by atoms with E-state index in [-0.39, 0.29) is 11.9 Å². The Labute approximate surface area is 97.8 Å². The van der Waals surface area contributed by atoms with Gasteiger partial charge >= 0.3 is 0 Å². The zero-order chi connectivity index (χ0) is 12.3. The van der Waals surface area contributed by atoms with E-state index in [4.69, 9.17) is 5.26 Å². The largest absolute Gasteiger partial charge is 0.340 e. The predicted octanol–water partition coefficient (Wildman–Crippen LogP) is 1.09. The number of hydrogen-bond donors (Lipinski definition) is 0. The molecule has 1 aliphatic rings. The highest BCUT2D eigenvalue weighted by Crippen LogP contribution is 2.21. The first-order valence-corrected chi connectivity index (χ1v) is 5.75. The third-order valence-corrected chi connectivity index (χ3v) is 3.28. The fourth-order valence-electron chi connectivity index (χ4n) is 2.11. The van der Waals surface area contributed by atoms with Crippen LogP contribution in [-0.2, 0) is 4.79 Å². The summed E-state index contributed by atoms with van der Waals surface area (Å²) in [6.07, 6.45) is 2.15. The van der Waals surface area contributed by atoms with Gasteiger partial charge in [-0.1, -0.05) is 0 Å². The van der Waals surface area contributed by atoms with Crippen molar-refractivity contribution in [3.05, 3.63) is 0 Å². The Bertz CT molecular complexity index is 306. The van der Waals surface area contributed by atoms with E-state index in [1.807, 2.05) is 7.05 Å². The molecular formula is C12H21N3O. The third-order valence-electron chi connectivity index (χ3n) is 3.28. The van der Waals surface area contributed by atoms with E-state index < -0.39 is 5.41 Å². The number of nitriles is 1. The summed E-state index contributed by atoms with van der Waals surface area (Å²) in [5, 5.41) is 8.96. The zero-order valence-corrected chi connectivity index (χ0v) is 10.7. The van der Waals surface area contributed by atoms with Crippen molar-refractivity contribution in [3.63, 3.8) is 0 Å². The molecule has 0 aromatic carbocycles. The van der Waals surface area contributed by atoms with E-state index in [2.05, 4.69) is 18.0 Å². The zero-order valence-electron chi connectivity index (χ0n) is 10.7. The molecule has 0 aliphatic carbocycles. The number of hydrogen-bond acceptors (Lipinski definition) is 3. The molecule has 1 rings (SSSR count). The van der Waals surface area contributed by atoms with Gasteiger partial charge in [-0.2, -0.15) is 5.26 Å². The van der Waals surface area contributed by atoms with Gasteiger partial charge in [-0.25, -0.2) is 0 Å². The van der Waals surface area contributed by atoms with Gasteiger partial charge in [-0.3, -0.25) is 4.79 Å². The lowest BCUT2D eigenvalue weighted by atomic mass is 9.92. The minimum atomic E-state index is -0.912. The van der Waals surface area contributed by atoms with Crippen molar-refractivity contribution in [2.45, 2.75) is 32.7 Å². The van der Waals surface area contributed by atoms with Gasteiger partial charge in [0.05, 0.1) is 6.07 Å². The van der Waals surface area contributed by atoms with Crippen LogP contribution in [0.3, 0.4) is 0 Å². The van der Waals surface area contributed by atoms with Gasteiger partial charge in [0, 0.05) is 19.6 Å². The minimum absolute atomic E-state index is 0.0738. The summed E-state index contributed by atoms with van der Waals surface area (Å²) in [5.74, 6) is -0.0738. The molecule has 1 saturated heterocycles. The van der Waals surface area contributed by atoms with Crippen molar-refractivity contribution in [1.82, 2.24) is 9.80 Å². The summed E-state index contributed by atoms with van der Waals surface area (Å²) in [4.78, 5) is 16.1. The van der Waals surface area contributed by atoms with Crippen LogP contribution in [0.2, 0.25) is 0 Å². The second-order valence-electron chi connectivity index (χ2n) is 5.21. The van der Waals surface area contributed by atoms with Crippen LogP contribution in [0.15, 0.2) is 0 Å². The van der Waals surface area contributed by atoms with Crippen LogP contribution in [0, 0.1) is 16.7 Å². The molecule has 0 radical (unpaired) electrons. The van der Waals surface area contributed by atoms with E-state index in [0.29, 0.717) is 0 Å². The Hall–Kier alpha value is -1.08. The second kappa shape index (κ2) is 4.84. The number of nitrogens with zero attached hydrogens (tertiary/aromatic N) is 3. The molecule has 4 nitrogen and oxygen atoms in total. The molecule has 0 aromatic heterocycles. The molecule has 1 fully saturated rings.